The van der Waals surface area contributed by atoms with Crippen molar-refractivity contribution in [2.45, 2.75) is 25.0 Å². The van der Waals surface area contributed by atoms with Crippen molar-refractivity contribution >= 4 is 12.0 Å². The average Bonchev–Trinajstić information content (AvgIpc) is 3.44. The predicted molar refractivity (Wildman–Crippen MR) is 123 cm³/mol. The first-order valence-electron chi connectivity index (χ1n) is 10.7. The molecule has 33 heavy (non-hydrogen) atoms. The van der Waals surface area contributed by atoms with Crippen molar-refractivity contribution in [3.63, 3.8) is 0 Å². The Labute approximate surface area is 190 Å². The number of hydrogen-bond donors (Lipinski definition) is 4. The van der Waals surface area contributed by atoms with Crippen LogP contribution in [0.15, 0.2) is 53.9 Å². The molecule has 0 fully saturated rings. The molecule has 9 nitrogen and oxygen atoms in total. The molecule has 4 heterocycles. The Morgan fingerprint density at radius 3 is 2.73 bits per heavy atom. The van der Waals surface area contributed by atoms with Crippen LogP contribution in [0, 0.1) is 0 Å². The van der Waals surface area contributed by atoms with Gasteiger partial charge in [0.2, 0.25) is 5.95 Å². The molecule has 0 bridgehead atoms. The van der Waals surface area contributed by atoms with Crippen LogP contribution in [0.2, 0.25) is 0 Å². The lowest BCUT2D eigenvalue weighted by Gasteiger charge is -2.24. The lowest BCUT2D eigenvalue weighted by Crippen LogP contribution is -2.30. The van der Waals surface area contributed by atoms with E-state index in [0.29, 0.717) is 23.5 Å². The summed E-state index contributed by atoms with van der Waals surface area (Å²) in [4.78, 5) is 16.7. The van der Waals surface area contributed by atoms with Crippen LogP contribution >= 0.6 is 0 Å². The zero-order valence-corrected chi connectivity index (χ0v) is 18.4. The first-order valence-corrected chi connectivity index (χ1v) is 10.7. The molecule has 0 aliphatic carbocycles. The highest BCUT2D eigenvalue weighted by Crippen LogP contribution is 2.30. The van der Waals surface area contributed by atoms with Crippen molar-refractivity contribution in [3.05, 3.63) is 82.0 Å². The Kier molecular flexibility index (Phi) is 5.07. The van der Waals surface area contributed by atoms with Crippen molar-refractivity contribution in [2.24, 2.45) is 12.0 Å². The van der Waals surface area contributed by atoms with E-state index in [1.54, 1.807) is 41.9 Å². The van der Waals surface area contributed by atoms with Gasteiger partial charge >= 0.3 is 0 Å². The summed E-state index contributed by atoms with van der Waals surface area (Å²) in [7, 11) is 1.89. The van der Waals surface area contributed by atoms with Crippen LogP contribution in [0.5, 0.6) is 0 Å². The number of aryl methyl sites for hydroxylation is 1. The van der Waals surface area contributed by atoms with Crippen LogP contribution in [-0.4, -0.2) is 41.5 Å². The molecule has 2 unspecified atom stereocenters. The van der Waals surface area contributed by atoms with E-state index < -0.39 is 5.60 Å². The molecule has 0 radical (unpaired) electrons. The minimum absolute atomic E-state index is 0.0623. The van der Waals surface area contributed by atoms with Crippen molar-refractivity contribution in [3.8, 4) is 11.3 Å². The van der Waals surface area contributed by atoms with E-state index in [2.05, 4.69) is 26.1 Å². The van der Waals surface area contributed by atoms with Gasteiger partial charge in [-0.2, -0.15) is 5.10 Å². The number of benzene rings is 1. The smallest absolute Gasteiger partial charge is 0.220 e. The highest BCUT2D eigenvalue weighted by Gasteiger charge is 2.29. The van der Waals surface area contributed by atoms with E-state index >= 15 is 0 Å². The quantitative estimate of drug-likeness (QED) is 0.359. The standard InChI is InChI=1S/C24H25N7O2/c1-24(33,17-5-3-14(13-32)4-6-17)21-8-20(29-23(25)30-21)19-11-27-22-18(19)7-15(9-26-22)16-10-28-31(2)12-16/h3-8,10-12,15,32-33H,9,13H2,1-2H3,(H,26,27)(H2,25,29,30). The Balaban J connectivity index is 1.58. The summed E-state index contributed by atoms with van der Waals surface area (Å²) in [5.74, 6) is 0.175. The highest BCUT2D eigenvalue weighted by atomic mass is 16.3. The molecule has 0 saturated heterocycles. The van der Waals surface area contributed by atoms with E-state index in [4.69, 9.17) is 10.7 Å². The molecule has 1 aromatic carbocycles. The van der Waals surface area contributed by atoms with Gasteiger partial charge in [0, 0.05) is 36.1 Å². The molecule has 2 atom stereocenters. The number of nitrogens with zero attached hydrogens (tertiary/aromatic N) is 5. The van der Waals surface area contributed by atoms with Gasteiger partial charge in [-0.05, 0) is 29.7 Å². The van der Waals surface area contributed by atoms with Gasteiger partial charge in [0.1, 0.15) is 11.1 Å². The summed E-state index contributed by atoms with van der Waals surface area (Å²) < 4.78 is 1.78. The fourth-order valence-corrected chi connectivity index (χ4v) is 4.15. The molecule has 3 aromatic heterocycles. The van der Waals surface area contributed by atoms with Crippen molar-refractivity contribution < 1.29 is 10.2 Å². The summed E-state index contributed by atoms with van der Waals surface area (Å²) in [6.45, 7) is 2.24. The zero-order chi connectivity index (χ0) is 23.2. The number of aromatic nitrogens is 5. The minimum Gasteiger partial charge on any atom is -0.392 e. The van der Waals surface area contributed by atoms with Crippen molar-refractivity contribution in [1.29, 1.82) is 0 Å². The van der Waals surface area contributed by atoms with Crippen LogP contribution in [0.1, 0.15) is 35.2 Å². The average molecular weight is 444 g/mol. The van der Waals surface area contributed by atoms with Gasteiger partial charge in [-0.15, -0.1) is 0 Å². The summed E-state index contributed by atoms with van der Waals surface area (Å²) in [6, 6.07) is 8.83. The van der Waals surface area contributed by atoms with Gasteiger partial charge in [-0.3, -0.25) is 9.67 Å². The number of anilines is 1. The lowest BCUT2D eigenvalue weighted by molar-refractivity contribution is 0.0974. The molecular formula is C24H25N7O2. The molecule has 0 spiro atoms. The third-order valence-corrected chi connectivity index (χ3v) is 6.08. The van der Waals surface area contributed by atoms with E-state index in [-0.39, 0.29) is 18.5 Å². The third kappa shape index (κ3) is 3.81. The van der Waals surface area contributed by atoms with E-state index in [1.165, 1.54) is 0 Å². The fourth-order valence-electron chi connectivity index (χ4n) is 4.15. The molecular weight excluding hydrogens is 418 g/mol. The van der Waals surface area contributed by atoms with Crippen molar-refractivity contribution in [1.82, 2.24) is 24.7 Å². The zero-order valence-electron chi connectivity index (χ0n) is 18.4. The molecule has 168 valence electrons. The number of aromatic amines is 1. The number of rotatable bonds is 5. The second-order valence-corrected chi connectivity index (χ2v) is 8.45. The van der Waals surface area contributed by atoms with Crippen LogP contribution < -0.4 is 16.4 Å². The van der Waals surface area contributed by atoms with E-state index in [0.717, 1.165) is 27.4 Å². The van der Waals surface area contributed by atoms with Crippen LogP contribution in [-0.2, 0) is 19.3 Å². The molecule has 0 saturated carbocycles. The number of aliphatic hydroxyl groups excluding tert-OH is 1. The number of hydrogen-bond acceptors (Lipinski definition) is 7. The SMILES string of the molecule is Cn1cc(C2C=c3c(-c4cc(C(C)(O)c5ccc(CO)cc5)nc(N)n4)c[nH]c3=NC2)cn1. The largest absolute Gasteiger partial charge is 0.392 e. The number of nitrogens with two attached hydrogens (primary N) is 1. The van der Waals surface area contributed by atoms with Crippen LogP contribution in [0.3, 0.4) is 0 Å². The number of H-pyrrole nitrogens is 1. The first kappa shape index (κ1) is 21.0. The Hall–Kier alpha value is -3.82. The fraction of sp³-hybridized carbons (Fsp3) is 0.250. The summed E-state index contributed by atoms with van der Waals surface area (Å²) in [5, 5.41) is 25.9. The Bertz CT molecular complexity index is 1430. The van der Waals surface area contributed by atoms with E-state index in [9.17, 15) is 10.2 Å². The molecule has 5 rings (SSSR count). The summed E-state index contributed by atoms with van der Waals surface area (Å²) in [5.41, 5.74) is 9.76. The molecule has 0 amide bonds. The summed E-state index contributed by atoms with van der Waals surface area (Å²) in [6.07, 6.45) is 7.86. The maximum absolute atomic E-state index is 11.3. The normalized spacial score (nSPS) is 17.0. The predicted octanol–water partition coefficient (Wildman–Crippen LogP) is 0.733. The van der Waals surface area contributed by atoms with Gasteiger partial charge in [0.05, 0.1) is 30.7 Å². The number of fused-ring (bicyclic) bond motifs is 1. The monoisotopic (exact) mass is 443 g/mol. The molecule has 1 aliphatic rings. The maximum atomic E-state index is 11.3. The topological polar surface area (TPSA) is 138 Å². The van der Waals surface area contributed by atoms with Gasteiger partial charge in [-0.25, -0.2) is 9.97 Å². The van der Waals surface area contributed by atoms with Gasteiger partial charge in [0.25, 0.3) is 0 Å². The Morgan fingerprint density at radius 2 is 2.03 bits per heavy atom. The minimum atomic E-state index is -1.40. The van der Waals surface area contributed by atoms with Crippen LogP contribution in [0.25, 0.3) is 17.3 Å². The third-order valence-electron chi connectivity index (χ3n) is 6.08. The van der Waals surface area contributed by atoms with Gasteiger partial charge in [0.15, 0.2) is 0 Å². The van der Waals surface area contributed by atoms with Gasteiger partial charge in [-0.1, -0.05) is 30.3 Å². The summed E-state index contributed by atoms with van der Waals surface area (Å²) >= 11 is 0. The maximum Gasteiger partial charge on any atom is 0.220 e. The van der Waals surface area contributed by atoms with Crippen LogP contribution in [0.4, 0.5) is 5.95 Å². The van der Waals surface area contributed by atoms with Gasteiger partial charge < -0.3 is 20.9 Å². The number of aliphatic hydroxyl groups is 2. The number of nitrogen functional groups attached to an aromatic ring is 1. The molecule has 9 heteroatoms. The second-order valence-electron chi connectivity index (χ2n) is 8.45. The highest BCUT2D eigenvalue weighted by molar-refractivity contribution is 5.64. The molecule has 4 aromatic rings. The Morgan fingerprint density at radius 1 is 1.24 bits per heavy atom. The molecule has 1 aliphatic heterocycles. The second kappa shape index (κ2) is 7.95. The number of nitrogens with one attached hydrogen (secondary N) is 1. The first-order chi connectivity index (χ1) is 15.8. The lowest BCUT2D eigenvalue weighted by atomic mass is 9.90. The van der Waals surface area contributed by atoms with Crippen molar-refractivity contribution in [2.75, 3.05) is 12.3 Å². The molecule has 5 N–H and O–H groups in total. The van der Waals surface area contributed by atoms with E-state index in [1.807, 2.05) is 25.6 Å².